The molecule has 1 aliphatic rings. The quantitative estimate of drug-likeness (QED) is 0.869. The molecule has 1 atom stereocenters. The van der Waals surface area contributed by atoms with E-state index in [1.54, 1.807) is 12.1 Å². The van der Waals surface area contributed by atoms with E-state index in [9.17, 15) is 9.18 Å². The lowest BCUT2D eigenvalue weighted by Gasteiger charge is -2.22. The Morgan fingerprint density at radius 3 is 3.00 bits per heavy atom. The van der Waals surface area contributed by atoms with E-state index < -0.39 is 0 Å². The second-order valence-electron chi connectivity index (χ2n) is 5.03. The largest absolute Gasteiger partial charge is 0.314 e. The Bertz CT molecular complexity index is 399. The minimum Gasteiger partial charge on any atom is -0.314 e. The van der Waals surface area contributed by atoms with Crippen LogP contribution in [0.4, 0.5) is 4.39 Å². The van der Waals surface area contributed by atoms with Crippen LogP contribution in [0.1, 0.15) is 37.7 Å². The first kappa shape index (κ1) is 13.2. The van der Waals surface area contributed by atoms with Gasteiger partial charge in [0, 0.05) is 18.9 Å². The molecule has 1 N–H and O–H groups in total. The van der Waals surface area contributed by atoms with Crippen LogP contribution in [0.2, 0.25) is 0 Å². The number of carbonyl (C=O) groups excluding carboxylic acids is 1. The number of piperidine rings is 1. The molecule has 0 bridgehead atoms. The molecule has 3 heteroatoms. The molecule has 2 rings (SSSR count). The van der Waals surface area contributed by atoms with E-state index in [0.717, 1.165) is 18.5 Å². The van der Waals surface area contributed by atoms with Crippen molar-refractivity contribution in [3.05, 3.63) is 35.6 Å². The summed E-state index contributed by atoms with van der Waals surface area (Å²) in [6.45, 7) is 1.07. The van der Waals surface area contributed by atoms with Gasteiger partial charge < -0.3 is 5.32 Å². The summed E-state index contributed by atoms with van der Waals surface area (Å²) in [5, 5.41) is 3.44. The molecular formula is C15H20FNO. The Kier molecular flexibility index (Phi) is 4.88. The standard InChI is InChI=1S/C15H20FNO/c16-13-5-3-4-12(10-13)11-15(18)8-7-14-6-1-2-9-17-14/h3-5,10,14,17H,1-2,6-9,11H2. The van der Waals surface area contributed by atoms with Crippen molar-refractivity contribution in [3.8, 4) is 0 Å². The molecule has 1 aromatic carbocycles. The maximum atomic E-state index is 13.0. The molecule has 1 aromatic rings. The first-order chi connectivity index (χ1) is 8.74. The minimum absolute atomic E-state index is 0.202. The summed E-state index contributed by atoms with van der Waals surface area (Å²) in [5.74, 6) is -0.0674. The molecule has 0 amide bonds. The summed E-state index contributed by atoms with van der Waals surface area (Å²) in [4.78, 5) is 11.8. The van der Waals surface area contributed by atoms with Crippen LogP contribution >= 0.6 is 0 Å². The molecule has 1 heterocycles. The van der Waals surface area contributed by atoms with E-state index in [4.69, 9.17) is 0 Å². The van der Waals surface area contributed by atoms with Gasteiger partial charge in [-0.25, -0.2) is 4.39 Å². The van der Waals surface area contributed by atoms with Gasteiger partial charge >= 0.3 is 0 Å². The van der Waals surface area contributed by atoms with Gasteiger partial charge in [-0.05, 0) is 43.5 Å². The lowest BCUT2D eigenvalue weighted by atomic mass is 9.97. The van der Waals surface area contributed by atoms with Gasteiger partial charge in [0.15, 0.2) is 0 Å². The predicted molar refractivity (Wildman–Crippen MR) is 70.0 cm³/mol. The second kappa shape index (κ2) is 6.64. The Morgan fingerprint density at radius 1 is 1.39 bits per heavy atom. The van der Waals surface area contributed by atoms with Crippen molar-refractivity contribution in [1.29, 1.82) is 0 Å². The highest BCUT2D eigenvalue weighted by molar-refractivity contribution is 5.80. The highest BCUT2D eigenvalue weighted by Crippen LogP contribution is 2.13. The molecule has 98 valence electrons. The van der Waals surface area contributed by atoms with E-state index in [-0.39, 0.29) is 11.6 Å². The Morgan fingerprint density at radius 2 is 2.28 bits per heavy atom. The van der Waals surface area contributed by atoms with Crippen LogP contribution < -0.4 is 5.32 Å². The summed E-state index contributed by atoms with van der Waals surface area (Å²) in [5.41, 5.74) is 0.775. The summed E-state index contributed by atoms with van der Waals surface area (Å²) < 4.78 is 13.0. The first-order valence-electron chi connectivity index (χ1n) is 6.73. The maximum Gasteiger partial charge on any atom is 0.137 e. The number of Topliss-reactive ketones (excluding diaryl/α,β-unsaturated/α-hetero) is 1. The zero-order chi connectivity index (χ0) is 12.8. The normalized spacial score (nSPS) is 19.7. The Labute approximate surface area is 108 Å². The smallest absolute Gasteiger partial charge is 0.137 e. The Balaban J connectivity index is 1.74. The van der Waals surface area contributed by atoms with Crippen molar-refractivity contribution in [1.82, 2.24) is 5.32 Å². The van der Waals surface area contributed by atoms with Gasteiger partial charge in [0.25, 0.3) is 0 Å². The van der Waals surface area contributed by atoms with Crippen LogP contribution in [-0.4, -0.2) is 18.4 Å². The molecule has 1 unspecified atom stereocenters. The third kappa shape index (κ3) is 4.22. The topological polar surface area (TPSA) is 29.1 Å². The first-order valence-corrected chi connectivity index (χ1v) is 6.73. The molecule has 0 aliphatic carbocycles. The van der Waals surface area contributed by atoms with Gasteiger partial charge in [0.2, 0.25) is 0 Å². The van der Waals surface area contributed by atoms with Gasteiger partial charge in [-0.3, -0.25) is 4.79 Å². The van der Waals surface area contributed by atoms with Crippen LogP contribution in [0.5, 0.6) is 0 Å². The van der Waals surface area contributed by atoms with Crippen LogP contribution in [0.15, 0.2) is 24.3 Å². The number of benzene rings is 1. The van der Waals surface area contributed by atoms with Crippen molar-refractivity contribution in [2.24, 2.45) is 0 Å². The minimum atomic E-state index is -0.269. The van der Waals surface area contributed by atoms with E-state index in [2.05, 4.69) is 5.32 Å². The molecular weight excluding hydrogens is 229 g/mol. The highest BCUT2D eigenvalue weighted by Gasteiger charge is 2.14. The number of rotatable bonds is 5. The van der Waals surface area contributed by atoms with Crippen LogP contribution in [-0.2, 0) is 11.2 Å². The van der Waals surface area contributed by atoms with E-state index >= 15 is 0 Å². The summed E-state index contributed by atoms with van der Waals surface area (Å²) >= 11 is 0. The zero-order valence-corrected chi connectivity index (χ0v) is 10.6. The van der Waals surface area contributed by atoms with Crippen LogP contribution in [0.25, 0.3) is 0 Å². The number of ketones is 1. The van der Waals surface area contributed by atoms with Gasteiger partial charge in [-0.15, -0.1) is 0 Å². The van der Waals surface area contributed by atoms with Gasteiger partial charge in [-0.1, -0.05) is 18.6 Å². The third-order valence-corrected chi connectivity index (χ3v) is 3.47. The predicted octanol–water partition coefficient (Wildman–Crippen LogP) is 2.86. The fraction of sp³-hybridized carbons (Fsp3) is 0.533. The molecule has 1 aliphatic heterocycles. The Hall–Kier alpha value is -1.22. The van der Waals surface area contributed by atoms with E-state index in [1.807, 2.05) is 0 Å². The van der Waals surface area contributed by atoms with E-state index in [0.29, 0.717) is 18.9 Å². The molecule has 0 saturated carbocycles. The number of hydrogen-bond acceptors (Lipinski definition) is 2. The average Bonchev–Trinajstić information content (AvgIpc) is 2.38. The van der Waals surface area contributed by atoms with Crippen molar-refractivity contribution < 1.29 is 9.18 Å². The summed E-state index contributed by atoms with van der Waals surface area (Å²) in [6.07, 6.45) is 5.53. The molecule has 1 saturated heterocycles. The van der Waals surface area contributed by atoms with Crippen molar-refractivity contribution >= 4 is 5.78 Å². The zero-order valence-electron chi connectivity index (χ0n) is 10.6. The monoisotopic (exact) mass is 249 g/mol. The molecule has 1 fully saturated rings. The number of hydrogen-bond donors (Lipinski definition) is 1. The fourth-order valence-corrected chi connectivity index (χ4v) is 2.47. The highest BCUT2D eigenvalue weighted by atomic mass is 19.1. The fourth-order valence-electron chi connectivity index (χ4n) is 2.47. The maximum absolute atomic E-state index is 13.0. The second-order valence-corrected chi connectivity index (χ2v) is 5.03. The summed E-state index contributed by atoms with van der Waals surface area (Å²) in [7, 11) is 0. The molecule has 18 heavy (non-hydrogen) atoms. The van der Waals surface area contributed by atoms with Gasteiger partial charge in [0.1, 0.15) is 11.6 Å². The van der Waals surface area contributed by atoms with Gasteiger partial charge in [-0.2, -0.15) is 0 Å². The number of halogens is 1. The SMILES string of the molecule is O=C(CCC1CCCCN1)Cc1cccc(F)c1. The van der Waals surface area contributed by atoms with Gasteiger partial charge in [0.05, 0.1) is 0 Å². The van der Waals surface area contributed by atoms with Crippen molar-refractivity contribution in [2.45, 2.75) is 44.6 Å². The third-order valence-electron chi connectivity index (χ3n) is 3.47. The molecule has 2 nitrogen and oxygen atoms in total. The molecule has 0 aromatic heterocycles. The molecule has 0 radical (unpaired) electrons. The molecule has 0 spiro atoms. The average molecular weight is 249 g/mol. The number of nitrogens with one attached hydrogen (secondary N) is 1. The lowest BCUT2D eigenvalue weighted by molar-refractivity contribution is -0.118. The van der Waals surface area contributed by atoms with Crippen molar-refractivity contribution in [3.63, 3.8) is 0 Å². The summed E-state index contributed by atoms with van der Waals surface area (Å²) in [6, 6.07) is 6.80. The van der Waals surface area contributed by atoms with Crippen LogP contribution in [0.3, 0.4) is 0 Å². The van der Waals surface area contributed by atoms with Crippen LogP contribution in [0, 0.1) is 5.82 Å². The number of carbonyl (C=O) groups is 1. The van der Waals surface area contributed by atoms with E-state index in [1.165, 1.54) is 31.4 Å². The van der Waals surface area contributed by atoms with Crippen molar-refractivity contribution in [2.75, 3.05) is 6.54 Å². The lowest BCUT2D eigenvalue weighted by Crippen LogP contribution is -2.34.